The summed E-state index contributed by atoms with van der Waals surface area (Å²) in [6.45, 7) is 6.56. The maximum absolute atomic E-state index is 14.1. The van der Waals surface area contributed by atoms with Crippen molar-refractivity contribution in [2.24, 2.45) is 5.92 Å². The molecule has 14 heteroatoms. The average Bonchev–Trinajstić information content (AvgIpc) is 3.27. The number of nitrogen functional groups attached to an aromatic ring is 1. The summed E-state index contributed by atoms with van der Waals surface area (Å²) in [5.74, 6) is -1.23. The Balaban J connectivity index is 1.12. The number of fused-ring (bicyclic) bond motifs is 1. The zero-order valence-corrected chi connectivity index (χ0v) is 30.1. The molecule has 0 aromatic heterocycles. The quantitative estimate of drug-likeness (QED) is 0.389. The van der Waals surface area contributed by atoms with Gasteiger partial charge in [-0.25, -0.2) is 4.79 Å². The number of nitrogens with two attached hydrogens (primary N) is 1. The van der Waals surface area contributed by atoms with Crippen molar-refractivity contribution < 1.29 is 27.6 Å². The Bertz CT molecular complexity index is 1550. The molecule has 0 aliphatic carbocycles. The van der Waals surface area contributed by atoms with Crippen molar-refractivity contribution in [2.75, 3.05) is 77.0 Å². The molecule has 272 valence electrons. The van der Waals surface area contributed by atoms with E-state index in [0.717, 1.165) is 62.8 Å². The molecule has 0 spiro atoms. The molecule has 2 aromatic carbocycles. The molecule has 4 heterocycles. The summed E-state index contributed by atoms with van der Waals surface area (Å²) in [5, 5.41) is 3.02. The van der Waals surface area contributed by atoms with Crippen LogP contribution in [0.5, 0.6) is 0 Å². The van der Waals surface area contributed by atoms with Gasteiger partial charge in [0.1, 0.15) is 0 Å². The number of para-hydroxylation sites is 1. The van der Waals surface area contributed by atoms with Gasteiger partial charge in [-0.1, -0.05) is 18.2 Å². The van der Waals surface area contributed by atoms with Crippen LogP contribution in [0.15, 0.2) is 40.9 Å². The lowest BCUT2D eigenvalue weighted by atomic mass is 9.91. The Hall–Kier alpha value is -3.36. The minimum absolute atomic E-state index is 0.0180. The van der Waals surface area contributed by atoms with Crippen LogP contribution < -0.4 is 11.1 Å². The second kappa shape index (κ2) is 15.5. The van der Waals surface area contributed by atoms with Gasteiger partial charge in [-0.15, -0.1) is 0 Å². The molecule has 1 unspecified atom stereocenters. The summed E-state index contributed by atoms with van der Waals surface area (Å²) in [4.78, 5) is 51.2. The lowest BCUT2D eigenvalue weighted by molar-refractivity contribution is -0.143. The maximum atomic E-state index is 14.1. The molecule has 3 fully saturated rings. The molecule has 0 bridgehead atoms. The van der Waals surface area contributed by atoms with Gasteiger partial charge in [-0.05, 0) is 90.8 Å². The van der Waals surface area contributed by atoms with Gasteiger partial charge in [-0.3, -0.25) is 14.5 Å². The van der Waals surface area contributed by atoms with Crippen LogP contribution in [0, 0.1) is 5.92 Å². The molecular weight excluding hydrogens is 715 g/mol. The van der Waals surface area contributed by atoms with Gasteiger partial charge in [-0.2, -0.15) is 13.2 Å². The summed E-state index contributed by atoms with van der Waals surface area (Å²) >= 11 is 3.17. The van der Waals surface area contributed by atoms with E-state index in [1.54, 1.807) is 9.80 Å². The van der Waals surface area contributed by atoms with Gasteiger partial charge in [0.05, 0.1) is 17.2 Å². The Morgan fingerprint density at radius 3 is 2.24 bits per heavy atom. The molecule has 2 aromatic rings. The number of halogens is 4. The fourth-order valence-electron chi connectivity index (χ4n) is 7.96. The second-order valence-electron chi connectivity index (χ2n) is 14.2. The molecule has 0 saturated carbocycles. The summed E-state index contributed by atoms with van der Waals surface area (Å²) in [6, 6.07) is 10.5. The first kappa shape index (κ1) is 36.4. The number of anilines is 2. The van der Waals surface area contributed by atoms with Crippen molar-refractivity contribution >= 4 is 45.2 Å². The van der Waals surface area contributed by atoms with E-state index in [9.17, 15) is 27.6 Å². The highest BCUT2D eigenvalue weighted by molar-refractivity contribution is 9.10. The highest BCUT2D eigenvalue weighted by Gasteiger charge is 2.38. The summed E-state index contributed by atoms with van der Waals surface area (Å²) < 4.78 is 41.7. The topological polar surface area (TPSA) is 105 Å². The van der Waals surface area contributed by atoms with E-state index in [1.807, 2.05) is 29.2 Å². The van der Waals surface area contributed by atoms with Crippen LogP contribution >= 0.6 is 15.9 Å². The van der Waals surface area contributed by atoms with Gasteiger partial charge in [0, 0.05) is 87.6 Å². The number of piperidine rings is 2. The number of hydrogen-bond donors (Lipinski definition) is 2. The molecule has 1 atom stereocenters. The fourth-order valence-corrected chi connectivity index (χ4v) is 8.47. The van der Waals surface area contributed by atoms with Crippen LogP contribution in [-0.2, 0) is 28.6 Å². The zero-order valence-electron chi connectivity index (χ0n) is 28.6. The number of urea groups is 1. The van der Waals surface area contributed by atoms with Crippen molar-refractivity contribution in [3.8, 4) is 0 Å². The number of rotatable bonds is 7. The Morgan fingerprint density at radius 2 is 1.56 bits per heavy atom. The van der Waals surface area contributed by atoms with Crippen molar-refractivity contribution in [1.82, 2.24) is 24.5 Å². The molecular formula is C36H47BrF3N7O3. The van der Waals surface area contributed by atoms with Gasteiger partial charge >= 0.3 is 12.2 Å². The number of hydrogen-bond acceptors (Lipinski definition) is 6. The number of carbonyl (C=O) groups is 3. The van der Waals surface area contributed by atoms with Crippen LogP contribution in [0.4, 0.5) is 29.3 Å². The van der Waals surface area contributed by atoms with E-state index >= 15 is 0 Å². The van der Waals surface area contributed by atoms with Gasteiger partial charge in [0.2, 0.25) is 11.8 Å². The Kier molecular flexibility index (Phi) is 11.3. The molecule has 10 nitrogen and oxygen atoms in total. The number of carbonyl (C=O) groups excluding carboxylic acids is 3. The smallest absolute Gasteiger partial charge is 0.397 e. The average molecular weight is 763 g/mol. The Labute approximate surface area is 300 Å². The number of alkyl halides is 3. The number of nitrogens with one attached hydrogen (secondary N) is 1. The minimum atomic E-state index is -4.67. The van der Waals surface area contributed by atoms with Crippen LogP contribution in [-0.4, -0.2) is 120 Å². The molecule has 6 rings (SSSR count). The van der Waals surface area contributed by atoms with E-state index < -0.39 is 23.3 Å². The SMILES string of the molecule is CN1CCN(C2CCN(C(=O)C(CC(=O)N3CCC(N4CCc5ccccc5NC4=O)CC3)Cc3cc(Br)c(N)c(C(F)(F)F)c3)CC2)CC1. The van der Waals surface area contributed by atoms with Gasteiger partial charge in [0.25, 0.3) is 0 Å². The number of amides is 4. The Morgan fingerprint density at radius 1 is 0.920 bits per heavy atom. The number of piperazine rings is 1. The van der Waals surface area contributed by atoms with Crippen molar-refractivity contribution in [3.63, 3.8) is 0 Å². The van der Waals surface area contributed by atoms with E-state index in [1.165, 1.54) is 6.07 Å². The van der Waals surface area contributed by atoms with Crippen LogP contribution in [0.25, 0.3) is 0 Å². The van der Waals surface area contributed by atoms with E-state index in [0.29, 0.717) is 57.2 Å². The third-order valence-electron chi connectivity index (χ3n) is 11.0. The highest BCUT2D eigenvalue weighted by Crippen LogP contribution is 2.39. The maximum Gasteiger partial charge on any atom is 0.418 e. The molecule has 4 aliphatic rings. The van der Waals surface area contributed by atoms with Crippen molar-refractivity contribution in [2.45, 2.75) is 63.2 Å². The van der Waals surface area contributed by atoms with E-state index in [4.69, 9.17) is 5.73 Å². The monoisotopic (exact) mass is 761 g/mol. The lowest BCUT2D eigenvalue weighted by Crippen LogP contribution is -2.53. The van der Waals surface area contributed by atoms with Crippen LogP contribution in [0.2, 0.25) is 0 Å². The summed E-state index contributed by atoms with van der Waals surface area (Å²) in [6.07, 6.45) is -1.20. The first-order chi connectivity index (χ1) is 23.9. The molecule has 3 saturated heterocycles. The van der Waals surface area contributed by atoms with Crippen LogP contribution in [0.1, 0.15) is 48.8 Å². The molecule has 4 amide bonds. The van der Waals surface area contributed by atoms with E-state index in [-0.39, 0.29) is 41.2 Å². The number of likely N-dealkylation sites (N-methyl/N-ethyl adjacent to an activating group) is 1. The first-order valence-electron chi connectivity index (χ1n) is 17.7. The molecule has 3 N–H and O–H groups in total. The molecule has 4 aliphatic heterocycles. The lowest BCUT2D eigenvalue weighted by Gasteiger charge is -2.42. The minimum Gasteiger partial charge on any atom is -0.397 e. The summed E-state index contributed by atoms with van der Waals surface area (Å²) in [5.41, 5.74) is 6.61. The third-order valence-corrected chi connectivity index (χ3v) is 11.6. The highest BCUT2D eigenvalue weighted by atomic mass is 79.9. The predicted octanol–water partition coefficient (Wildman–Crippen LogP) is 4.92. The van der Waals surface area contributed by atoms with E-state index in [2.05, 4.69) is 38.1 Å². The normalized spacial score (nSPS) is 21.1. The van der Waals surface area contributed by atoms with Crippen molar-refractivity contribution in [1.29, 1.82) is 0 Å². The van der Waals surface area contributed by atoms with Gasteiger partial charge in [0.15, 0.2) is 0 Å². The summed E-state index contributed by atoms with van der Waals surface area (Å²) in [7, 11) is 2.12. The fraction of sp³-hybridized carbons (Fsp3) is 0.583. The number of nitrogens with zero attached hydrogens (tertiary/aromatic N) is 5. The molecule has 50 heavy (non-hydrogen) atoms. The zero-order chi connectivity index (χ0) is 35.6. The third kappa shape index (κ3) is 8.39. The van der Waals surface area contributed by atoms with Crippen molar-refractivity contribution in [3.05, 3.63) is 57.6 Å². The standard InChI is InChI=1S/C36H47BrF3N7O3/c1-43-16-18-44(19-17-43)27-7-13-46(14-8-27)34(49)26(20-24-21-29(36(38,39)40)33(41)30(37)22-24)23-32(48)45-11-9-28(10-12-45)47-15-6-25-4-2-3-5-31(25)42-35(47)50/h2-5,21-22,26-28H,6-20,23,41H2,1H3,(H,42,50). The number of likely N-dealkylation sites (tertiary alicyclic amines) is 2. The van der Waals surface area contributed by atoms with Crippen LogP contribution in [0.3, 0.4) is 0 Å². The largest absolute Gasteiger partial charge is 0.418 e. The second-order valence-corrected chi connectivity index (χ2v) is 15.0. The molecule has 0 radical (unpaired) electrons. The first-order valence-corrected chi connectivity index (χ1v) is 18.5. The van der Waals surface area contributed by atoms with Gasteiger partial charge < -0.3 is 30.7 Å². The number of benzene rings is 2. The predicted molar refractivity (Wildman–Crippen MR) is 190 cm³/mol.